The van der Waals surface area contributed by atoms with Crippen LogP contribution in [0.3, 0.4) is 0 Å². The van der Waals surface area contributed by atoms with Crippen LogP contribution in [0.25, 0.3) is 0 Å². The SMILES string of the molecule is CC1CCNC(C(O)c2cn(C)nc2C(C)(C)C)C1. The molecule has 0 amide bonds. The largest absolute Gasteiger partial charge is 0.387 e. The molecule has 4 heteroatoms. The molecule has 0 saturated carbocycles. The summed E-state index contributed by atoms with van der Waals surface area (Å²) < 4.78 is 1.81. The number of aliphatic hydroxyl groups excluding tert-OH is 1. The first-order valence-electron chi connectivity index (χ1n) is 7.24. The van der Waals surface area contributed by atoms with Crippen LogP contribution in [-0.4, -0.2) is 27.5 Å². The maximum absolute atomic E-state index is 10.7. The molecule has 1 aliphatic rings. The first-order valence-corrected chi connectivity index (χ1v) is 7.24. The van der Waals surface area contributed by atoms with E-state index in [2.05, 4.69) is 38.1 Å². The van der Waals surface area contributed by atoms with Gasteiger partial charge in [-0.1, -0.05) is 27.7 Å². The number of piperidine rings is 1. The van der Waals surface area contributed by atoms with Crippen molar-refractivity contribution in [2.75, 3.05) is 6.54 Å². The summed E-state index contributed by atoms with van der Waals surface area (Å²) in [4.78, 5) is 0. The van der Waals surface area contributed by atoms with Crippen LogP contribution in [0.5, 0.6) is 0 Å². The molecule has 1 aromatic rings. The van der Waals surface area contributed by atoms with Gasteiger partial charge in [-0.15, -0.1) is 0 Å². The van der Waals surface area contributed by atoms with Crippen LogP contribution in [0.4, 0.5) is 0 Å². The molecule has 1 aromatic heterocycles. The maximum Gasteiger partial charge on any atom is 0.0976 e. The quantitative estimate of drug-likeness (QED) is 0.861. The van der Waals surface area contributed by atoms with Crippen LogP contribution in [0, 0.1) is 5.92 Å². The molecule has 0 spiro atoms. The average Bonchev–Trinajstić information content (AvgIpc) is 2.70. The third-order valence-electron chi connectivity index (χ3n) is 3.97. The van der Waals surface area contributed by atoms with Crippen molar-refractivity contribution in [3.8, 4) is 0 Å². The third-order valence-corrected chi connectivity index (χ3v) is 3.97. The second-order valence-corrected chi connectivity index (χ2v) is 6.99. The number of nitrogens with one attached hydrogen (secondary N) is 1. The van der Waals surface area contributed by atoms with Gasteiger partial charge in [0.25, 0.3) is 0 Å². The molecule has 2 rings (SSSR count). The summed E-state index contributed by atoms with van der Waals surface area (Å²) in [7, 11) is 1.92. The van der Waals surface area contributed by atoms with E-state index in [9.17, 15) is 5.11 Å². The fourth-order valence-corrected chi connectivity index (χ4v) is 2.91. The lowest BCUT2D eigenvalue weighted by Crippen LogP contribution is -2.42. The molecule has 4 nitrogen and oxygen atoms in total. The molecule has 2 heterocycles. The fraction of sp³-hybridized carbons (Fsp3) is 0.800. The number of aliphatic hydroxyl groups is 1. The monoisotopic (exact) mass is 265 g/mol. The summed E-state index contributed by atoms with van der Waals surface area (Å²) in [5.74, 6) is 0.677. The highest BCUT2D eigenvalue weighted by Gasteiger charge is 2.32. The summed E-state index contributed by atoms with van der Waals surface area (Å²) in [5.41, 5.74) is 1.93. The Labute approximate surface area is 116 Å². The molecule has 0 bridgehead atoms. The van der Waals surface area contributed by atoms with Crippen molar-refractivity contribution in [1.82, 2.24) is 15.1 Å². The first kappa shape index (κ1) is 14.5. The summed E-state index contributed by atoms with van der Waals surface area (Å²) in [6.45, 7) is 9.68. The predicted molar refractivity (Wildman–Crippen MR) is 77.1 cm³/mol. The molecule has 3 atom stereocenters. The molecule has 19 heavy (non-hydrogen) atoms. The number of rotatable bonds is 2. The molecule has 108 valence electrons. The number of hydrogen-bond acceptors (Lipinski definition) is 3. The first-order chi connectivity index (χ1) is 8.79. The Balaban J connectivity index is 2.25. The maximum atomic E-state index is 10.7. The normalized spacial score (nSPS) is 26.4. The van der Waals surface area contributed by atoms with Gasteiger partial charge in [-0.2, -0.15) is 5.10 Å². The van der Waals surface area contributed by atoms with Gasteiger partial charge in [0.2, 0.25) is 0 Å². The van der Waals surface area contributed by atoms with Crippen molar-refractivity contribution in [2.24, 2.45) is 13.0 Å². The van der Waals surface area contributed by atoms with Crippen molar-refractivity contribution in [3.63, 3.8) is 0 Å². The van der Waals surface area contributed by atoms with E-state index >= 15 is 0 Å². The lowest BCUT2D eigenvalue weighted by molar-refractivity contribution is 0.0998. The van der Waals surface area contributed by atoms with E-state index in [0.29, 0.717) is 5.92 Å². The Morgan fingerprint density at radius 1 is 1.47 bits per heavy atom. The van der Waals surface area contributed by atoms with Crippen LogP contribution < -0.4 is 5.32 Å². The molecule has 2 N–H and O–H groups in total. The number of aromatic nitrogens is 2. The van der Waals surface area contributed by atoms with Crippen LogP contribution in [0.2, 0.25) is 0 Å². The molecule has 1 fully saturated rings. The smallest absolute Gasteiger partial charge is 0.0976 e. The Kier molecular flexibility index (Phi) is 4.02. The van der Waals surface area contributed by atoms with E-state index in [-0.39, 0.29) is 11.5 Å². The van der Waals surface area contributed by atoms with E-state index in [1.807, 2.05) is 17.9 Å². The Hall–Kier alpha value is -0.870. The number of hydrogen-bond donors (Lipinski definition) is 2. The van der Waals surface area contributed by atoms with Crippen LogP contribution in [0.15, 0.2) is 6.20 Å². The zero-order chi connectivity index (χ0) is 14.2. The zero-order valence-corrected chi connectivity index (χ0v) is 12.8. The summed E-state index contributed by atoms with van der Waals surface area (Å²) in [5, 5.41) is 18.7. The topological polar surface area (TPSA) is 50.1 Å². The van der Waals surface area contributed by atoms with Gasteiger partial charge >= 0.3 is 0 Å². The minimum Gasteiger partial charge on any atom is -0.387 e. The number of aryl methyl sites for hydroxylation is 1. The highest BCUT2D eigenvalue weighted by Crippen LogP contribution is 2.32. The van der Waals surface area contributed by atoms with E-state index in [1.165, 1.54) is 6.42 Å². The van der Waals surface area contributed by atoms with Crippen molar-refractivity contribution in [2.45, 2.75) is 58.1 Å². The van der Waals surface area contributed by atoms with Gasteiger partial charge in [-0.3, -0.25) is 4.68 Å². The highest BCUT2D eigenvalue weighted by molar-refractivity contribution is 5.27. The fourth-order valence-electron chi connectivity index (χ4n) is 2.91. The second kappa shape index (κ2) is 5.25. The van der Waals surface area contributed by atoms with Gasteiger partial charge in [-0.25, -0.2) is 0 Å². The molecule has 3 unspecified atom stereocenters. The second-order valence-electron chi connectivity index (χ2n) is 6.99. The minimum atomic E-state index is -0.467. The lowest BCUT2D eigenvalue weighted by atomic mass is 9.84. The van der Waals surface area contributed by atoms with Crippen LogP contribution in [-0.2, 0) is 12.5 Å². The molecule has 0 aliphatic carbocycles. The molecule has 1 aliphatic heterocycles. The molecule has 0 radical (unpaired) electrons. The minimum absolute atomic E-state index is 0.0438. The molecule has 0 aromatic carbocycles. The lowest BCUT2D eigenvalue weighted by Gasteiger charge is -2.32. The van der Waals surface area contributed by atoms with E-state index < -0.39 is 6.10 Å². The average molecular weight is 265 g/mol. The van der Waals surface area contributed by atoms with Crippen molar-refractivity contribution >= 4 is 0 Å². The standard InChI is InChI=1S/C15H27N3O/c1-10-6-7-16-12(8-10)13(19)11-9-18(5)17-14(11)15(2,3)4/h9-10,12-13,16,19H,6-8H2,1-5H3. The van der Waals surface area contributed by atoms with Gasteiger partial charge in [0.05, 0.1) is 11.8 Å². The third kappa shape index (κ3) is 3.18. The van der Waals surface area contributed by atoms with E-state index in [0.717, 1.165) is 24.2 Å². The summed E-state index contributed by atoms with van der Waals surface area (Å²) in [6, 6.07) is 0.147. The zero-order valence-electron chi connectivity index (χ0n) is 12.8. The Morgan fingerprint density at radius 2 is 2.16 bits per heavy atom. The van der Waals surface area contributed by atoms with Crippen molar-refractivity contribution < 1.29 is 5.11 Å². The van der Waals surface area contributed by atoms with Gasteiger partial charge < -0.3 is 10.4 Å². The Morgan fingerprint density at radius 3 is 2.74 bits per heavy atom. The summed E-state index contributed by atoms with van der Waals surface area (Å²) in [6.07, 6.45) is 3.72. The predicted octanol–water partition coefficient (Wildman–Crippen LogP) is 2.14. The van der Waals surface area contributed by atoms with E-state index in [1.54, 1.807) is 0 Å². The van der Waals surface area contributed by atoms with Gasteiger partial charge in [0, 0.05) is 30.3 Å². The van der Waals surface area contributed by atoms with Crippen LogP contribution >= 0.6 is 0 Å². The molecular weight excluding hydrogens is 238 g/mol. The Bertz CT molecular complexity index is 433. The highest BCUT2D eigenvalue weighted by atomic mass is 16.3. The summed E-state index contributed by atoms with van der Waals surface area (Å²) >= 11 is 0. The van der Waals surface area contributed by atoms with Gasteiger partial charge in [0.15, 0.2) is 0 Å². The van der Waals surface area contributed by atoms with Crippen molar-refractivity contribution in [1.29, 1.82) is 0 Å². The molecule has 1 saturated heterocycles. The van der Waals surface area contributed by atoms with Crippen molar-refractivity contribution in [3.05, 3.63) is 17.5 Å². The van der Waals surface area contributed by atoms with E-state index in [4.69, 9.17) is 0 Å². The van der Waals surface area contributed by atoms with Crippen LogP contribution in [0.1, 0.15) is 57.9 Å². The van der Waals surface area contributed by atoms with Gasteiger partial charge in [0.1, 0.15) is 0 Å². The molecular formula is C15H27N3O. The van der Waals surface area contributed by atoms with Gasteiger partial charge in [-0.05, 0) is 25.3 Å². The number of nitrogens with zero attached hydrogens (tertiary/aromatic N) is 2.